The molecule has 3 rings (SSSR count). The maximum Gasteiger partial charge on any atom is 0.338 e. The molecule has 1 atom stereocenters. The summed E-state index contributed by atoms with van der Waals surface area (Å²) in [5.74, 6) is -0.00745. The van der Waals surface area contributed by atoms with Gasteiger partial charge in [-0.05, 0) is 80.1 Å². The van der Waals surface area contributed by atoms with Crippen molar-refractivity contribution in [2.45, 2.75) is 38.7 Å². The Bertz CT molecular complexity index is 777. The van der Waals surface area contributed by atoms with Crippen molar-refractivity contribution in [1.29, 1.82) is 0 Å². The number of esters is 1. The molecule has 0 saturated heterocycles. The van der Waals surface area contributed by atoms with Crippen LogP contribution in [0.4, 0.5) is 0 Å². The lowest BCUT2D eigenvalue weighted by Crippen LogP contribution is -2.24. The fourth-order valence-electron chi connectivity index (χ4n) is 3.13. The molecular formula is C21H22O4. The molecule has 130 valence electrons. The molecule has 25 heavy (non-hydrogen) atoms. The lowest BCUT2D eigenvalue weighted by molar-refractivity contribution is 0.0318. The zero-order valence-electron chi connectivity index (χ0n) is 14.6. The first-order valence-electron chi connectivity index (χ1n) is 8.59. The van der Waals surface area contributed by atoms with Crippen molar-refractivity contribution in [3.63, 3.8) is 0 Å². The molecule has 1 aliphatic carbocycles. The molecular weight excluding hydrogens is 316 g/mol. The third kappa shape index (κ3) is 3.90. The molecule has 4 nitrogen and oxygen atoms in total. The van der Waals surface area contributed by atoms with Crippen LogP contribution in [0.25, 0.3) is 0 Å². The van der Waals surface area contributed by atoms with Crippen LogP contribution in [-0.4, -0.2) is 25.0 Å². The first-order valence-corrected chi connectivity index (χ1v) is 8.59. The lowest BCUT2D eigenvalue weighted by Gasteiger charge is -2.17. The van der Waals surface area contributed by atoms with Gasteiger partial charge in [0.15, 0.2) is 6.10 Å². The molecule has 0 amide bonds. The summed E-state index contributed by atoms with van der Waals surface area (Å²) in [5, 5.41) is 0. The summed E-state index contributed by atoms with van der Waals surface area (Å²) in [6.07, 6.45) is 3.58. The van der Waals surface area contributed by atoms with Crippen molar-refractivity contribution < 1.29 is 19.1 Å². The van der Waals surface area contributed by atoms with Gasteiger partial charge in [0, 0.05) is 5.56 Å². The second-order valence-electron chi connectivity index (χ2n) is 6.33. The van der Waals surface area contributed by atoms with Crippen LogP contribution in [0.2, 0.25) is 0 Å². The van der Waals surface area contributed by atoms with Gasteiger partial charge in [0.25, 0.3) is 0 Å². The van der Waals surface area contributed by atoms with E-state index in [1.54, 1.807) is 44.4 Å². The second-order valence-corrected chi connectivity index (χ2v) is 6.33. The van der Waals surface area contributed by atoms with Crippen LogP contribution in [0, 0.1) is 0 Å². The highest BCUT2D eigenvalue weighted by Gasteiger charge is 2.21. The Hall–Kier alpha value is -2.62. The van der Waals surface area contributed by atoms with E-state index in [1.807, 2.05) is 12.1 Å². The minimum Gasteiger partial charge on any atom is -0.497 e. The molecule has 0 heterocycles. The number of Topliss-reactive ketones (excluding diaryl/α,β-unsaturated/α-hetero) is 1. The Balaban J connectivity index is 1.68. The van der Waals surface area contributed by atoms with E-state index in [2.05, 4.69) is 0 Å². The summed E-state index contributed by atoms with van der Waals surface area (Å²) in [4.78, 5) is 24.8. The summed E-state index contributed by atoms with van der Waals surface area (Å²) in [6, 6.07) is 12.5. The summed E-state index contributed by atoms with van der Waals surface area (Å²) in [6.45, 7) is 1.60. The number of aryl methyl sites for hydroxylation is 2. The molecule has 0 saturated carbocycles. The molecule has 2 aromatic rings. The van der Waals surface area contributed by atoms with E-state index >= 15 is 0 Å². The maximum absolute atomic E-state index is 12.4. The quantitative estimate of drug-likeness (QED) is 0.611. The van der Waals surface area contributed by atoms with Gasteiger partial charge in [-0.2, -0.15) is 0 Å². The molecule has 4 heteroatoms. The number of ketones is 1. The van der Waals surface area contributed by atoms with Gasteiger partial charge < -0.3 is 9.47 Å². The van der Waals surface area contributed by atoms with E-state index in [4.69, 9.17) is 9.47 Å². The fourth-order valence-corrected chi connectivity index (χ4v) is 3.13. The Labute approximate surface area is 147 Å². The minimum atomic E-state index is -0.836. The molecule has 0 spiro atoms. The van der Waals surface area contributed by atoms with Crippen LogP contribution in [0.15, 0.2) is 42.5 Å². The number of carbonyl (C=O) groups is 2. The first-order chi connectivity index (χ1) is 12.1. The smallest absolute Gasteiger partial charge is 0.338 e. The number of hydrogen-bond donors (Lipinski definition) is 0. The molecule has 1 aliphatic rings. The Morgan fingerprint density at radius 2 is 1.56 bits per heavy atom. The van der Waals surface area contributed by atoms with Crippen molar-refractivity contribution in [1.82, 2.24) is 0 Å². The summed E-state index contributed by atoms with van der Waals surface area (Å²) < 4.78 is 10.5. The number of ether oxygens (including phenoxy) is 2. The summed E-state index contributed by atoms with van der Waals surface area (Å²) in [5.41, 5.74) is 3.53. The number of benzene rings is 2. The van der Waals surface area contributed by atoms with Crippen molar-refractivity contribution in [2.75, 3.05) is 7.11 Å². The zero-order valence-corrected chi connectivity index (χ0v) is 14.6. The fraction of sp³-hybridized carbons (Fsp3) is 0.333. The molecule has 0 unspecified atom stereocenters. The highest BCUT2D eigenvalue weighted by atomic mass is 16.5. The van der Waals surface area contributed by atoms with Crippen LogP contribution in [0.3, 0.4) is 0 Å². The van der Waals surface area contributed by atoms with Crippen LogP contribution in [0.1, 0.15) is 51.6 Å². The van der Waals surface area contributed by atoms with Gasteiger partial charge in [-0.15, -0.1) is 0 Å². The van der Waals surface area contributed by atoms with Crippen LogP contribution >= 0.6 is 0 Å². The predicted octanol–water partition coefficient (Wildman–Crippen LogP) is 4.00. The van der Waals surface area contributed by atoms with Crippen molar-refractivity contribution in [3.8, 4) is 5.75 Å². The molecule has 0 fully saturated rings. The predicted molar refractivity (Wildman–Crippen MR) is 95.3 cm³/mol. The van der Waals surface area contributed by atoms with E-state index in [1.165, 1.54) is 17.5 Å². The van der Waals surface area contributed by atoms with Gasteiger partial charge in [0.05, 0.1) is 12.7 Å². The van der Waals surface area contributed by atoms with Gasteiger partial charge in [-0.1, -0.05) is 6.07 Å². The molecule has 0 bridgehead atoms. The van der Waals surface area contributed by atoms with Crippen LogP contribution in [0.5, 0.6) is 5.75 Å². The Morgan fingerprint density at radius 1 is 0.920 bits per heavy atom. The van der Waals surface area contributed by atoms with Crippen molar-refractivity contribution in [2.24, 2.45) is 0 Å². The highest BCUT2D eigenvalue weighted by Crippen LogP contribution is 2.23. The lowest BCUT2D eigenvalue weighted by atomic mass is 9.90. The third-order valence-corrected chi connectivity index (χ3v) is 4.61. The standard InChI is InChI=1S/C21H22O4/c1-14(20(22)16-9-11-19(24-2)12-10-16)25-21(23)18-8-7-15-5-3-4-6-17(15)13-18/h7-14H,3-6H2,1-2H3/t14-/m0/s1. The molecule has 0 N–H and O–H groups in total. The maximum atomic E-state index is 12.4. The Morgan fingerprint density at radius 3 is 2.24 bits per heavy atom. The minimum absolute atomic E-state index is 0.228. The number of rotatable bonds is 5. The topological polar surface area (TPSA) is 52.6 Å². The van der Waals surface area contributed by atoms with Crippen molar-refractivity contribution in [3.05, 3.63) is 64.7 Å². The van der Waals surface area contributed by atoms with Crippen LogP contribution in [-0.2, 0) is 17.6 Å². The number of carbonyl (C=O) groups excluding carboxylic acids is 2. The van der Waals surface area contributed by atoms with E-state index in [-0.39, 0.29) is 5.78 Å². The molecule has 2 aromatic carbocycles. The van der Waals surface area contributed by atoms with Crippen LogP contribution < -0.4 is 4.74 Å². The number of hydrogen-bond acceptors (Lipinski definition) is 4. The monoisotopic (exact) mass is 338 g/mol. The van der Waals surface area contributed by atoms with E-state index < -0.39 is 12.1 Å². The van der Waals surface area contributed by atoms with Gasteiger partial charge in [0.1, 0.15) is 5.75 Å². The second kappa shape index (κ2) is 7.51. The normalized spacial score (nSPS) is 14.3. The van der Waals surface area contributed by atoms with Gasteiger partial charge >= 0.3 is 5.97 Å². The number of fused-ring (bicyclic) bond motifs is 1. The molecule has 0 aliphatic heterocycles. The first kappa shape index (κ1) is 17.2. The van der Waals surface area contributed by atoms with Gasteiger partial charge in [-0.25, -0.2) is 4.79 Å². The average Bonchev–Trinajstić information content (AvgIpc) is 2.67. The summed E-state index contributed by atoms with van der Waals surface area (Å²) in [7, 11) is 1.57. The SMILES string of the molecule is COc1ccc(C(=O)[C@H](C)OC(=O)c2ccc3c(c2)CCCC3)cc1. The van der Waals surface area contributed by atoms with Gasteiger partial charge in [-0.3, -0.25) is 4.79 Å². The van der Waals surface area contributed by atoms with Gasteiger partial charge in [0.2, 0.25) is 5.78 Å². The average molecular weight is 338 g/mol. The highest BCUT2D eigenvalue weighted by molar-refractivity contribution is 6.01. The molecule has 0 aromatic heterocycles. The van der Waals surface area contributed by atoms with E-state index in [0.29, 0.717) is 16.9 Å². The van der Waals surface area contributed by atoms with E-state index in [9.17, 15) is 9.59 Å². The Kier molecular flexibility index (Phi) is 5.17. The largest absolute Gasteiger partial charge is 0.497 e. The molecule has 0 radical (unpaired) electrons. The third-order valence-electron chi connectivity index (χ3n) is 4.61. The zero-order chi connectivity index (χ0) is 17.8. The van der Waals surface area contributed by atoms with E-state index in [0.717, 1.165) is 19.3 Å². The van der Waals surface area contributed by atoms with Crippen molar-refractivity contribution >= 4 is 11.8 Å². The summed E-state index contributed by atoms with van der Waals surface area (Å²) >= 11 is 0. The number of methoxy groups -OCH3 is 1.